The second-order valence-corrected chi connectivity index (χ2v) is 3.39. The van der Waals surface area contributed by atoms with Crippen LogP contribution in [0, 0.1) is 0 Å². The van der Waals surface area contributed by atoms with E-state index in [9.17, 15) is 4.79 Å². The summed E-state index contributed by atoms with van der Waals surface area (Å²) in [5.41, 5.74) is 0. The Morgan fingerprint density at radius 2 is 2.40 bits per heavy atom. The molecule has 0 radical (unpaired) electrons. The predicted octanol–water partition coefficient (Wildman–Crippen LogP) is 0.160. The smallest absolute Gasteiger partial charge is 0.303 e. The van der Waals surface area contributed by atoms with Gasteiger partial charge in [0.1, 0.15) is 12.2 Å². The fourth-order valence-corrected chi connectivity index (χ4v) is 1.19. The molecule has 0 aliphatic heterocycles. The maximum Gasteiger partial charge on any atom is 0.303 e. The van der Waals surface area contributed by atoms with E-state index in [1.54, 1.807) is 6.33 Å². The van der Waals surface area contributed by atoms with Crippen LogP contribution in [0.5, 0.6) is 0 Å². The summed E-state index contributed by atoms with van der Waals surface area (Å²) in [6.07, 6.45) is 3.47. The fraction of sp³-hybridized carbons (Fsp3) is 0.667. The van der Waals surface area contributed by atoms with Gasteiger partial charge in [0.05, 0.1) is 6.54 Å². The third-order valence-corrected chi connectivity index (χ3v) is 2.08. The first-order chi connectivity index (χ1) is 7.20. The van der Waals surface area contributed by atoms with Gasteiger partial charge in [-0.25, -0.2) is 0 Å². The second kappa shape index (κ2) is 6.13. The zero-order chi connectivity index (χ0) is 11.1. The first-order valence-electron chi connectivity index (χ1n) is 4.95. The lowest BCUT2D eigenvalue weighted by Crippen LogP contribution is -2.17. The average Bonchev–Trinajstić information content (AvgIpc) is 2.57. The molecule has 0 saturated carbocycles. The van der Waals surface area contributed by atoms with E-state index in [1.165, 1.54) is 0 Å². The molecule has 0 atom stereocenters. The summed E-state index contributed by atoms with van der Waals surface area (Å²) in [5, 5.41) is 19.3. The number of carboxylic acid groups (broad SMARTS) is 1. The van der Waals surface area contributed by atoms with Crippen molar-refractivity contribution in [3.05, 3.63) is 12.2 Å². The average molecular weight is 212 g/mol. The molecular weight excluding hydrogens is 196 g/mol. The molecule has 0 bridgehead atoms. The highest BCUT2D eigenvalue weighted by Gasteiger charge is 1.99. The molecule has 0 unspecified atom stereocenters. The van der Waals surface area contributed by atoms with Gasteiger partial charge in [0, 0.05) is 13.5 Å². The number of hydrogen-bond acceptors (Lipinski definition) is 4. The van der Waals surface area contributed by atoms with Crippen molar-refractivity contribution in [3.63, 3.8) is 0 Å². The van der Waals surface area contributed by atoms with Gasteiger partial charge in [-0.05, 0) is 19.4 Å². The Bertz CT molecular complexity index is 311. The van der Waals surface area contributed by atoms with E-state index < -0.39 is 5.97 Å². The highest BCUT2D eigenvalue weighted by molar-refractivity contribution is 5.66. The van der Waals surface area contributed by atoms with Crippen LogP contribution >= 0.6 is 0 Å². The predicted molar refractivity (Wildman–Crippen MR) is 54.2 cm³/mol. The molecule has 6 nitrogen and oxygen atoms in total. The van der Waals surface area contributed by atoms with Crippen LogP contribution in [0.15, 0.2) is 6.33 Å². The standard InChI is InChI=1S/C9H16N4O2/c1-13-7-11-12-8(13)6-10-5-3-2-4-9(14)15/h7,10H,2-6H2,1H3,(H,14,15). The van der Waals surface area contributed by atoms with Crippen LogP contribution in [0.3, 0.4) is 0 Å². The lowest BCUT2D eigenvalue weighted by Gasteiger charge is -2.02. The van der Waals surface area contributed by atoms with Crippen molar-refractivity contribution < 1.29 is 9.90 Å². The zero-order valence-electron chi connectivity index (χ0n) is 8.81. The Labute approximate surface area is 88.3 Å². The van der Waals surface area contributed by atoms with E-state index in [0.717, 1.165) is 18.8 Å². The van der Waals surface area contributed by atoms with Crippen molar-refractivity contribution in [2.45, 2.75) is 25.8 Å². The van der Waals surface area contributed by atoms with E-state index >= 15 is 0 Å². The fourth-order valence-electron chi connectivity index (χ4n) is 1.19. The molecule has 84 valence electrons. The molecule has 1 aromatic heterocycles. The molecule has 0 saturated heterocycles. The quantitative estimate of drug-likeness (QED) is 0.629. The Morgan fingerprint density at radius 1 is 1.60 bits per heavy atom. The molecule has 0 spiro atoms. The summed E-state index contributed by atoms with van der Waals surface area (Å²) in [5.74, 6) is 0.150. The first kappa shape index (κ1) is 11.6. The van der Waals surface area contributed by atoms with E-state index in [2.05, 4.69) is 15.5 Å². The van der Waals surface area contributed by atoms with E-state index in [0.29, 0.717) is 13.0 Å². The van der Waals surface area contributed by atoms with Crippen molar-refractivity contribution in [2.24, 2.45) is 7.05 Å². The lowest BCUT2D eigenvalue weighted by molar-refractivity contribution is -0.137. The van der Waals surface area contributed by atoms with Gasteiger partial charge in [-0.2, -0.15) is 0 Å². The number of unbranched alkanes of at least 4 members (excludes halogenated alkanes) is 1. The van der Waals surface area contributed by atoms with Crippen LogP contribution in [-0.2, 0) is 18.4 Å². The number of aryl methyl sites for hydroxylation is 1. The Hall–Kier alpha value is -1.43. The van der Waals surface area contributed by atoms with E-state index in [4.69, 9.17) is 5.11 Å². The zero-order valence-corrected chi connectivity index (χ0v) is 8.81. The highest BCUT2D eigenvalue weighted by Crippen LogP contribution is 1.95. The van der Waals surface area contributed by atoms with Gasteiger partial charge in [0.25, 0.3) is 0 Å². The van der Waals surface area contributed by atoms with Crippen LogP contribution in [0.1, 0.15) is 25.1 Å². The van der Waals surface area contributed by atoms with Crippen LogP contribution in [0.4, 0.5) is 0 Å². The van der Waals surface area contributed by atoms with Gasteiger partial charge < -0.3 is 15.0 Å². The van der Waals surface area contributed by atoms with Crippen LogP contribution in [-0.4, -0.2) is 32.4 Å². The largest absolute Gasteiger partial charge is 0.481 e. The molecule has 15 heavy (non-hydrogen) atoms. The first-order valence-corrected chi connectivity index (χ1v) is 4.95. The van der Waals surface area contributed by atoms with Gasteiger partial charge in [-0.15, -0.1) is 10.2 Å². The molecule has 0 aromatic carbocycles. The number of aliphatic carboxylic acids is 1. The van der Waals surface area contributed by atoms with Crippen molar-refractivity contribution >= 4 is 5.97 Å². The summed E-state index contributed by atoms with van der Waals surface area (Å²) in [6, 6.07) is 0. The number of hydrogen-bond donors (Lipinski definition) is 2. The van der Waals surface area contributed by atoms with Crippen molar-refractivity contribution in [1.29, 1.82) is 0 Å². The van der Waals surface area contributed by atoms with Crippen LogP contribution in [0.2, 0.25) is 0 Å². The minimum absolute atomic E-state index is 0.242. The van der Waals surface area contributed by atoms with Gasteiger partial charge in [0.2, 0.25) is 0 Å². The van der Waals surface area contributed by atoms with Crippen LogP contribution in [0.25, 0.3) is 0 Å². The molecule has 1 aromatic rings. The topological polar surface area (TPSA) is 80.0 Å². The molecule has 0 amide bonds. The Kier molecular flexibility index (Phi) is 4.76. The molecule has 1 heterocycles. The third kappa shape index (κ3) is 4.55. The number of aromatic nitrogens is 3. The van der Waals surface area contributed by atoms with Crippen molar-refractivity contribution in [1.82, 2.24) is 20.1 Å². The summed E-state index contributed by atoms with van der Waals surface area (Å²) in [7, 11) is 1.89. The minimum Gasteiger partial charge on any atom is -0.481 e. The summed E-state index contributed by atoms with van der Waals surface area (Å²) < 4.78 is 1.85. The van der Waals surface area contributed by atoms with Crippen molar-refractivity contribution in [3.8, 4) is 0 Å². The van der Waals surface area contributed by atoms with Crippen molar-refractivity contribution in [2.75, 3.05) is 6.54 Å². The van der Waals surface area contributed by atoms with E-state index in [-0.39, 0.29) is 6.42 Å². The maximum absolute atomic E-state index is 10.2. The van der Waals surface area contributed by atoms with E-state index in [1.807, 2.05) is 11.6 Å². The summed E-state index contributed by atoms with van der Waals surface area (Å²) in [4.78, 5) is 10.2. The maximum atomic E-state index is 10.2. The van der Waals surface area contributed by atoms with Gasteiger partial charge >= 0.3 is 5.97 Å². The number of carbonyl (C=O) groups is 1. The lowest BCUT2D eigenvalue weighted by atomic mass is 10.2. The van der Waals surface area contributed by atoms with Gasteiger partial charge in [-0.1, -0.05) is 0 Å². The highest BCUT2D eigenvalue weighted by atomic mass is 16.4. The Balaban J connectivity index is 2.03. The number of nitrogens with one attached hydrogen (secondary N) is 1. The molecule has 1 rings (SSSR count). The minimum atomic E-state index is -0.733. The second-order valence-electron chi connectivity index (χ2n) is 3.39. The monoisotopic (exact) mass is 212 g/mol. The Morgan fingerprint density at radius 3 is 3.00 bits per heavy atom. The number of rotatable bonds is 7. The molecule has 0 fully saturated rings. The number of carboxylic acids is 1. The molecule has 6 heteroatoms. The molecule has 0 aliphatic carbocycles. The normalized spacial score (nSPS) is 10.5. The van der Waals surface area contributed by atoms with Crippen LogP contribution < -0.4 is 5.32 Å². The number of nitrogens with zero attached hydrogens (tertiary/aromatic N) is 3. The molecular formula is C9H16N4O2. The third-order valence-electron chi connectivity index (χ3n) is 2.08. The van der Waals surface area contributed by atoms with Gasteiger partial charge in [-0.3, -0.25) is 4.79 Å². The van der Waals surface area contributed by atoms with Gasteiger partial charge in [0.15, 0.2) is 0 Å². The molecule has 2 N–H and O–H groups in total. The summed E-state index contributed by atoms with van der Waals surface area (Å²) >= 11 is 0. The molecule has 0 aliphatic rings. The SMILES string of the molecule is Cn1cnnc1CNCCCCC(=O)O. The summed E-state index contributed by atoms with van der Waals surface area (Å²) in [6.45, 7) is 1.48.